The van der Waals surface area contributed by atoms with Crippen molar-refractivity contribution in [2.75, 3.05) is 6.67 Å². The fourth-order valence-corrected chi connectivity index (χ4v) is 7.33. The number of allylic oxidation sites excluding steroid dienone is 5. The molecule has 5 heteroatoms. The first-order valence-corrected chi connectivity index (χ1v) is 13.9. The molecule has 4 nitrogen and oxygen atoms in total. The number of hydrogen-bond donors (Lipinski definition) is 4. The van der Waals surface area contributed by atoms with E-state index < -0.39 is 30.1 Å². The first kappa shape index (κ1) is 28.6. The summed E-state index contributed by atoms with van der Waals surface area (Å²) in [6.45, 7) is 7.69. The third kappa shape index (κ3) is 5.95. The third-order valence-electron chi connectivity index (χ3n) is 10.0. The van der Waals surface area contributed by atoms with E-state index in [2.05, 4.69) is 32.1 Å². The van der Waals surface area contributed by atoms with Crippen molar-refractivity contribution in [3.8, 4) is 0 Å². The van der Waals surface area contributed by atoms with Crippen LogP contribution in [-0.2, 0) is 0 Å². The van der Waals surface area contributed by atoms with E-state index in [1.807, 2.05) is 26.0 Å². The van der Waals surface area contributed by atoms with Crippen molar-refractivity contribution in [1.29, 1.82) is 0 Å². The monoisotopic (exact) mass is 492 g/mol. The van der Waals surface area contributed by atoms with E-state index in [0.29, 0.717) is 30.6 Å². The number of rotatable bonds is 9. The Kier molecular flexibility index (Phi) is 9.45. The Morgan fingerprint density at radius 2 is 1.77 bits per heavy atom. The van der Waals surface area contributed by atoms with Gasteiger partial charge in [0, 0.05) is 0 Å². The summed E-state index contributed by atoms with van der Waals surface area (Å²) >= 11 is 0. The third-order valence-corrected chi connectivity index (χ3v) is 10.0. The fraction of sp³-hybridized carbons (Fsp3) is 0.800. The first-order valence-electron chi connectivity index (χ1n) is 13.9. The Bertz CT molecular complexity index is 773. The van der Waals surface area contributed by atoms with E-state index in [9.17, 15) is 24.8 Å². The van der Waals surface area contributed by atoms with Gasteiger partial charge in [-0.2, -0.15) is 0 Å². The van der Waals surface area contributed by atoms with Gasteiger partial charge in [-0.25, -0.2) is 4.39 Å². The molecule has 0 spiro atoms. The van der Waals surface area contributed by atoms with Crippen LogP contribution in [0.25, 0.3) is 0 Å². The number of alkyl halides is 1. The quantitative estimate of drug-likeness (QED) is 0.248. The molecule has 0 radical (unpaired) electrons. The Labute approximate surface area is 212 Å². The van der Waals surface area contributed by atoms with Crippen LogP contribution in [0.1, 0.15) is 91.9 Å². The average molecular weight is 493 g/mol. The second-order valence-corrected chi connectivity index (χ2v) is 12.0. The van der Waals surface area contributed by atoms with Gasteiger partial charge in [-0.3, -0.25) is 0 Å². The van der Waals surface area contributed by atoms with Crippen LogP contribution >= 0.6 is 0 Å². The summed E-state index contributed by atoms with van der Waals surface area (Å²) in [4.78, 5) is 0. The standard InChI is InChI=1S/C30H49FO4/c1-5-29(34,6-2)17-8-7-10-21(3)24-14-15-25-23(11-9-16-28(24,25)4)13-12-22-18-26(32)30(35,20-31)27(33)19-22/h7-8,10,13,17,21-22,24-27,32-35H,5-6,9,11-12,14-16,18-20H2,1-4H3/b10-7+,17-8+,23-13+/t21-,22-,24?,25?,26-,27-,28?,30-/m1/s1. The van der Waals surface area contributed by atoms with Crippen molar-refractivity contribution >= 4 is 0 Å². The van der Waals surface area contributed by atoms with Crippen LogP contribution in [0.3, 0.4) is 0 Å². The minimum absolute atomic E-state index is 0.0586. The fourth-order valence-electron chi connectivity index (χ4n) is 7.33. The molecule has 0 aromatic carbocycles. The minimum Gasteiger partial charge on any atom is -0.390 e. The van der Waals surface area contributed by atoms with E-state index in [1.165, 1.54) is 31.3 Å². The van der Waals surface area contributed by atoms with Crippen molar-refractivity contribution in [3.05, 3.63) is 36.0 Å². The van der Waals surface area contributed by atoms with E-state index in [4.69, 9.17) is 0 Å². The molecule has 0 aromatic heterocycles. The molecule has 0 aromatic rings. The molecule has 3 aliphatic carbocycles. The van der Waals surface area contributed by atoms with E-state index in [0.717, 1.165) is 25.7 Å². The van der Waals surface area contributed by atoms with Crippen LogP contribution in [0.2, 0.25) is 0 Å². The van der Waals surface area contributed by atoms with Gasteiger partial charge in [0.15, 0.2) is 0 Å². The van der Waals surface area contributed by atoms with Gasteiger partial charge in [-0.15, -0.1) is 0 Å². The smallest absolute Gasteiger partial charge is 0.144 e. The van der Waals surface area contributed by atoms with Gasteiger partial charge < -0.3 is 20.4 Å². The lowest BCUT2D eigenvalue weighted by Crippen LogP contribution is -2.58. The molecule has 3 saturated carbocycles. The first-order chi connectivity index (χ1) is 16.5. The van der Waals surface area contributed by atoms with Crippen LogP contribution in [0, 0.1) is 29.1 Å². The molecule has 0 heterocycles. The molecule has 3 fully saturated rings. The molecule has 3 unspecified atom stereocenters. The van der Waals surface area contributed by atoms with Crippen molar-refractivity contribution in [2.45, 2.75) is 115 Å². The lowest BCUT2D eigenvalue weighted by molar-refractivity contribution is -0.185. The van der Waals surface area contributed by atoms with Crippen LogP contribution < -0.4 is 0 Å². The summed E-state index contributed by atoms with van der Waals surface area (Å²) in [5.41, 5.74) is -0.944. The number of aliphatic hydroxyl groups excluding tert-OH is 2. The molecule has 0 amide bonds. The van der Waals surface area contributed by atoms with Gasteiger partial charge >= 0.3 is 0 Å². The van der Waals surface area contributed by atoms with Crippen LogP contribution in [0.4, 0.5) is 4.39 Å². The summed E-state index contributed by atoms with van der Waals surface area (Å²) in [5.74, 6) is 1.71. The van der Waals surface area contributed by atoms with Gasteiger partial charge in [0.25, 0.3) is 0 Å². The lowest BCUT2D eigenvalue weighted by atomic mass is 9.61. The van der Waals surface area contributed by atoms with Crippen LogP contribution in [-0.4, -0.2) is 50.5 Å². The summed E-state index contributed by atoms with van der Waals surface area (Å²) in [6.07, 6.45) is 17.0. The van der Waals surface area contributed by atoms with Gasteiger partial charge in [-0.05, 0) is 93.3 Å². The van der Waals surface area contributed by atoms with Crippen molar-refractivity contribution in [2.24, 2.45) is 29.1 Å². The molecule has 0 saturated heterocycles. The second kappa shape index (κ2) is 11.6. The molecular formula is C30H49FO4. The van der Waals surface area contributed by atoms with E-state index in [1.54, 1.807) is 0 Å². The molecule has 200 valence electrons. The van der Waals surface area contributed by atoms with Crippen molar-refractivity contribution in [3.63, 3.8) is 0 Å². The number of hydrogen-bond acceptors (Lipinski definition) is 4. The molecule has 35 heavy (non-hydrogen) atoms. The topological polar surface area (TPSA) is 80.9 Å². The highest BCUT2D eigenvalue weighted by Crippen LogP contribution is 2.59. The molecule has 0 bridgehead atoms. The van der Waals surface area contributed by atoms with Gasteiger partial charge in [0.05, 0.1) is 17.8 Å². The molecule has 3 aliphatic rings. The van der Waals surface area contributed by atoms with Crippen LogP contribution in [0.15, 0.2) is 36.0 Å². The average Bonchev–Trinajstić information content (AvgIpc) is 3.21. The molecular weight excluding hydrogens is 443 g/mol. The molecule has 4 N–H and O–H groups in total. The van der Waals surface area contributed by atoms with Gasteiger partial charge in [0.1, 0.15) is 12.3 Å². The predicted molar refractivity (Wildman–Crippen MR) is 140 cm³/mol. The lowest BCUT2D eigenvalue weighted by Gasteiger charge is -2.44. The van der Waals surface area contributed by atoms with E-state index in [-0.39, 0.29) is 11.3 Å². The number of halogens is 1. The number of fused-ring (bicyclic) bond motifs is 1. The normalized spacial score (nSPS) is 40.6. The maximum Gasteiger partial charge on any atom is 0.144 e. The SMILES string of the molecule is CCC(O)(/C=C/C=C/[C@@H](C)C1CCC2/C(=C/C[C@H]3C[C@@H](O)[C@@](O)(CF)[C@H](O)C3)CCCC21C)CC. The zero-order chi connectivity index (χ0) is 25.9. The van der Waals surface area contributed by atoms with Gasteiger partial charge in [0.2, 0.25) is 0 Å². The van der Waals surface area contributed by atoms with Crippen LogP contribution in [0.5, 0.6) is 0 Å². The summed E-state index contributed by atoms with van der Waals surface area (Å²) in [6, 6.07) is 0. The summed E-state index contributed by atoms with van der Waals surface area (Å²) in [7, 11) is 0. The Morgan fingerprint density at radius 1 is 1.11 bits per heavy atom. The Morgan fingerprint density at radius 3 is 2.37 bits per heavy atom. The largest absolute Gasteiger partial charge is 0.390 e. The van der Waals surface area contributed by atoms with Crippen molar-refractivity contribution in [1.82, 2.24) is 0 Å². The zero-order valence-electron chi connectivity index (χ0n) is 22.3. The van der Waals surface area contributed by atoms with E-state index >= 15 is 0 Å². The van der Waals surface area contributed by atoms with Crippen molar-refractivity contribution < 1.29 is 24.8 Å². The maximum atomic E-state index is 13.2. The highest BCUT2D eigenvalue weighted by Gasteiger charge is 2.51. The number of aliphatic hydroxyl groups is 4. The second-order valence-electron chi connectivity index (χ2n) is 12.0. The Hall–Kier alpha value is -1.01. The predicted octanol–water partition coefficient (Wildman–Crippen LogP) is 5.65. The molecule has 3 rings (SSSR count). The molecule has 0 aliphatic heterocycles. The summed E-state index contributed by atoms with van der Waals surface area (Å²) < 4.78 is 13.2. The zero-order valence-corrected chi connectivity index (χ0v) is 22.3. The Balaban J connectivity index is 1.64. The maximum absolute atomic E-state index is 13.2. The highest BCUT2D eigenvalue weighted by atomic mass is 19.1. The molecule has 6 atom stereocenters. The highest BCUT2D eigenvalue weighted by molar-refractivity contribution is 5.20. The van der Waals surface area contributed by atoms with Gasteiger partial charge in [-0.1, -0.05) is 63.6 Å². The summed E-state index contributed by atoms with van der Waals surface area (Å²) in [5, 5.41) is 41.2. The minimum atomic E-state index is -2.02.